The standard InChI is InChI=1S/C13H18FN3O2/c1-15-12(18)8-16-9-13(19)17-7-6-10-2-4-11(14)5-3-10/h2-5,16H,6-9H2,1H3,(H,15,18)(H,17,19). The molecule has 19 heavy (non-hydrogen) atoms. The average Bonchev–Trinajstić information content (AvgIpc) is 2.41. The summed E-state index contributed by atoms with van der Waals surface area (Å²) in [5.74, 6) is -0.615. The van der Waals surface area contributed by atoms with Gasteiger partial charge in [0.25, 0.3) is 0 Å². The van der Waals surface area contributed by atoms with Crippen molar-refractivity contribution in [2.45, 2.75) is 6.42 Å². The van der Waals surface area contributed by atoms with E-state index in [1.54, 1.807) is 12.1 Å². The van der Waals surface area contributed by atoms with Gasteiger partial charge in [0, 0.05) is 13.6 Å². The molecule has 0 aromatic heterocycles. The Bertz CT molecular complexity index is 420. The summed E-state index contributed by atoms with van der Waals surface area (Å²) in [5.41, 5.74) is 0.958. The van der Waals surface area contributed by atoms with Gasteiger partial charge in [-0.05, 0) is 24.1 Å². The zero-order valence-electron chi connectivity index (χ0n) is 10.8. The lowest BCUT2D eigenvalue weighted by molar-refractivity contribution is -0.121. The van der Waals surface area contributed by atoms with Gasteiger partial charge in [-0.15, -0.1) is 0 Å². The van der Waals surface area contributed by atoms with Gasteiger partial charge in [-0.2, -0.15) is 0 Å². The highest BCUT2D eigenvalue weighted by Gasteiger charge is 2.02. The summed E-state index contributed by atoms with van der Waals surface area (Å²) >= 11 is 0. The van der Waals surface area contributed by atoms with Gasteiger partial charge in [0.1, 0.15) is 5.82 Å². The summed E-state index contributed by atoms with van der Waals surface area (Å²) in [5, 5.41) is 7.87. The highest BCUT2D eigenvalue weighted by Crippen LogP contribution is 2.02. The number of carbonyl (C=O) groups is 2. The molecule has 2 amide bonds. The number of hydrogen-bond acceptors (Lipinski definition) is 3. The molecule has 1 aromatic rings. The third kappa shape index (κ3) is 6.52. The first-order valence-corrected chi connectivity index (χ1v) is 6.04. The molecule has 0 heterocycles. The van der Waals surface area contributed by atoms with E-state index < -0.39 is 0 Å². The molecule has 0 aliphatic heterocycles. The van der Waals surface area contributed by atoms with E-state index in [2.05, 4.69) is 16.0 Å². The number of rotatable bonds is 7. The molecule has 0 spiro atoms. The lowest BCUT2D eigenvalue weighted by Gasteiger charge is -2.06. The van der Waals surface area contributed by atoms with Crippen LogP contribution in [-0.4, -0.2) is 38.5 Å². The maximum atomic E-state index is 12.7. The van der Waals surface area contributed by atoms with Gasteiger partial charge in [0.05, 0.1) is 13.1 Å². The van der Waals surface area contributed by atoms with E-state index in [-0.39, 0.29) is 30.7 Å². The first-order valence-electron chi connectivity index (χ1n) is 6.04. The van der Waals surface area contributed by atoms with E-state index in [9.17, 15) is 14.0 Å². The minimum absolute atomic E-state index is 0.0941. The van der Waals surface area contributed by atoms with Crippen molar-refractivity contribution in [2.24, 2.45) is 0 Å². The molecule has 0 saturated carbocycles. The SMILES string of the molecule is CNC(=O)CNCC(=O)NCCc1ccc(F)cc1. The molecule has 1 rings (SSSR count). The number of likely N-dealkylation sites (N-methyl/N-ethyl adjacent to an activating group) is 1. The van der Waals surface area contributed by atoms with Crippen LogP contribution in [0.5, 0.6) is 0 Å². The number of benzene rings is 1. The van der Waals surface area contributed by atoms with Crippen LogP contribution < -0.4 is 16.0 Å². The molecule has 0 fully saturated rings. The third-order valence-electron chi connectivity index (χ3n) is 2.50. The molecule has 0 unspecified atom stereocenters. The molecule has 0 aliphatic rings. The predicted octanol–water partition coefficient (Wildman–Crippen LogP) is -0.180. The highest BCUT2D eigenvalue weighted by atomic mass is 19.1. The normalized spacial score (nSPS) is 10.0. The van der Waals surface area contributed by atoms with Crippen LogP contribution in [0.25, 0.3) is 0 Å². The van der Waals surface area contributed by atoms with E-state index in [1.165, 1.54) is 19.2 Å². The first-order chi connectivity index (χ1) is 9.11. The van der Waals surface area contributed by atoms with Crippen molar-refractivity contribution in [2.75, 3.05) is 26.7 Å². The zero-order valence-corrected chi connectivity index (χ0v) is 10.8. The van der Waals surface area contributed by atoms with Gasteiger partial charge in [-0.1, -0.05) is 12.1 Å². The van der Waals surface area contributed by atoms with Crippen LogP contribution in [0.1, 0.15) is 5.56 Å². The zero-order chi connectivity index (χ0) is 14.1. The molecule has 6 heteroatoms. The molecular formula is C13H18FN3O2. The van der Waals surface area contributed by atoms with Crippen LogP contribution in [0.2, 0.25) is 0 Å². The quantitative estimate of drug-likeness (QED) is 0.642. The fraction of sp³-hybridized carbons (Fsp3) is 0.385. The van der Waals surface area contributed by atoms with E-state index in [0.717, 1.165) is 5.56 Å². The van der Waals surface area contributed by atoms with Crippen molar-refractivity contribution >= 4 is 11.8 Å². The fourth-order valence-electron chi connectivity index (χ4n) is 1.44. The molecule has 0 aliphatic carbocycles. The Balaban J connectivity index is 2.13. The molecule has 104 valence electrons. The van der Waals surface area contributed by atoms with Gasteiger partial charge in [0.15, 0.2) is 0 Å². The predicted molar refractivity (Wildman–Crippen MR) is 70.1 cm³/mol. The van der Waals surface area contributed by atoms with Gasteiger partial charge in [-0.25, -0.2) is 4.39 Å². The van der Waals surface area contributed by atoms with Crippen molar-refractivity contribution in [1.82, 2.24) is 16.0 Å². The fourth-order valence-corrected chi connectivity index (χ4v) is 1.44. The topological polar surface area (TPSA) is 70.2 Å². The summed E-state index contributed by atoms with van der Waals surface area (Å²) in [6, 6.07) is 6.15. The Morgan fingerprint density at radius 3 is 2.37 bits per heavy atom. The molecular weight excluding hydrogens is 249 g/mol. The summed E-state index contributed by atoms with van der Waals surface area (Å²) in [4.78, 5) is 22.3. The Morgan fingerprint density at radius 1 is 1.11 bits per heavy atom. The van der Waals surface area contributed by atoms with Gasteiger partial charge >= 0.3 is 0 Å². The maximum Gasteiger partial charge on any atom is 0.233 e. The van der Waals surface area contributed by atoms with Crippen LogP contribution in [0.15, 0.2) is 24.3 Å². The van der Waals surface area contributed by atoms with Gasteiger partial charge in [-0.3, -0.25) is 14.9 Å². The van der Waals surface area contributed by atoms with Crippen LogP contribution in [0.3, 0.4) is 0 Å². The number of carbonyl (C=O) groups excluding carboxylic acids is 2. The van der Waals surface area contributed by atoms with Crippen molar-refractivity contribution in [3.63, 3.8) is 0 Å². The maximum absolute atomic E-state index is 12.7. The molecule has 1 aromatic carbocycles. The van der Waals surface area contributed by atoms with E-state index in [1.807, 2.05) is 0 Å². The van der Waals surface area contributed by atoms with Crippen molar-refractivity contribution in [1.29, 1.82) is 0 Å². The number of nitrogens with one attached hydrogen (secondary N) is 3. The van der Waals surface area contributed by atoms with Crippen molar-refractivity contribution in [3.05, 3.63) is 35.6 Å². The largest absolute Gasteiger partial charge is 0.358 e. The van der Waals surface area contributed by atoms with Crippen LogP contribution in [0.4, 0.5) is 4.39 Å². The smallest absolute Gasteiger partial charge is 0.233 e. The number of halogens is 1. The monoisotopic (exact) mass is 267 g/mol. The first kappa shape index (κ1) is 15.1. The lowest BCUT2D eigenvalue weighted by Crippen LogP contribution is -2.39. The van der Waals surface area contributed by atoms with Crippen LogP contribution >= 0.6 is 0 Å². The van der Waals surface area contributed by atoms with Gasteiger partial charge < -0.3 is 10.6 Å². The summed E-state index contributed by atoms with van der Waals surface area (Å²) in [7, 11) is 1.53. The molecule has 3 N–H and O–H groups in total. The van der Waals surface area contributed by atoms with Crippen LogP contribution in [-0.2, 0) is 16.0 Å². The third-order valence-corrected chi connectivity index (χ3v) is 2.50. The van der Waals surface area contributed by atoms with Crippen molar-refractivity contribution < 1.29 is 14.0 Å². The number of amides is 2. The minimum Gasteiger partial charge on any atom is -0.358 e. The second-order valence-corrected chi connectivity index (χ2v) is 4.00. The summed E-state index contributed by atoms with van der Waals surface area (Å²) < 4.78 is 12.7. The Hall–Kier alpha value is -1.95. The lowest BCUT2D eigenvalue weighted by atomic mass is 10.1. The van der Waals surface area contributed by atoms with E-state index in [0.29, 0.717) is 13.0 Å². The molecule has 0 atom stereocenters. The molecule has 0 radical (unpaired) electrons. The summed E-state index contributed by atoms with van der Waals surface area (Å²) in [6.07, 6.45) is 0.640. The molecule has 0 saturated heterocycles. The second-order valence-electron chi connectivity index (χ2n) is 4.00. The van der Waals surface area contributed by atoms with E-state index in [4.69, 9.17) is 0 Å². The minimum atomic E-state index is -0.272. The second kappa shape index (κ2) is 8.20. The Morgan fingerprint density at radius 2 is 1.74 bits per heavy atom. The Kier molecular flexibility index (Phi) is 6.52. The Labute approximate surface area is 111 Å². The van der Waals surface area contributed by atoms with Crippen molar-refractivity contribution in [3.8, 4) is 0 Å². The summed E-state index contributed by atoms with van der Waals surface area (Å²) in [6.45, 7) is 0.685. The number of hydrogen-bond donors (Lipinski definition) is 3. The van der Waals surface area contributed by atoms with Crippen LogP contribution in [0, 0.1) is 5.82 Å². The van der Waals surface area contributed by atoms with E-state index >= 15 is 0 Å². The highest BCUT2D eigenvalue weighted by molar-refractivity contribution is 5.80. The molecule has 5 nitrogen and oxygen atoms in total. The average molecular weight is 267 g/mol. The van der Waals surface area contributed by atoms with Gasteiger partial charge in [0.2, 0.25) is 11.8 Å². The molecule has 0 bridgehead atoms.